The molecular weight excluding hydrogens is 276 g/mol. The van der Waals surface area contributed by atoms with Gasteiger partial charge in [-0.15, -0.1) is 0 Å². The molecule has 0 spiro atoms. The predicted molar refractivity (Wildman–Crippen MR) is 104 cm³/mol. The van der Waals surface area contributed by atoms with Crippen LogP contribution in [0.25, 0.3) is 11.6 Å². The van der Waals surface area contributed by atoms with E-state index in [1.807, 2.05) is 0 Å². The van der Waals surface area contributed by atoms with Crippen LogP contribution in [0.3, 0.4) is 0 Å². The number of hydrogen-bond acceptors (Lipinski definition) is 0. The fourth-order valence-corrected chi connectivity index (χ4v) is 3.27. The zero-order valence-electron chi connectivity index (χ0n) is 15.1. The molecule has 0 aliphatic carbocycles. The number of rotatable bonds is 7. The van der Waals surface area contributed by atoms with Gasteiger partial charge in [0.05, 0.1) is 0 Å². The third kappa shape index (κ3) is 5.10. The Morgan fingerprint density at radius 1 is 1.00 bits per heavy atom. The lowest BCUT2D eigenvalue weighted by atomic mass is 9.93. The summed E-state index contributed by atoms with van der Waals surface area (Å²) in [6, 6.07) is 17.5. The van der Waals surface area contributed by atoms with E-state index in [0.717, 1.165) is 5.92 Å². The Hall–Kier alpha value is -1.82. The van der Waals surface area contributed by atoms with E-state index in [-0.39, 0.29) is 0 Å². The van der Waals surface area contributed by atoms with Crippen molar-refractivity contribution in [3.63, 3.8) is 0 Å². The van der Waals surface area contributed by atoms with Crippen LogP contribution >= 0.6 is 0 Å². The maximum atomic E-state index is 2.38. The molecule has 0 bridgehead atoms. The molecule has 1 atom stereocenters. The molecule has 0 saturated carbocycles. The lowest BCUT2D eigenvalue weighted by molar-refractivity contribution is 0.486. The Labute approximate surface area is 142 Å². The van der Waals surface area contributed by atoms with Crippen molar-refractivity contribution in [2.24, 2.45) is 5.92 Å². The second-order valence-electron chi connectivity index (χ2n) is 6.77. The quantitative estimate of drug-likeness (QED) is 0.487. The molecule has 0 aromatic heterocycles. The first kappa shape index (κ1) is 17.5. The number of aryl methyl sites for hydroxylation is 2. The Kier molecular flexibility index (Phi) is 6.65. The van der Waals surface area contributed by atoms with Crippen molar-refractivity contribution in [1.29, 1.82) is 0 Å². The van der Waals surface area contributed by atoms with Crippen molar-refractivity contribution < 1.29 is 0 Å². The first-order chi connectivity index (χ1) is 11.1. The van der Waals surface area contributed by atoms with E-state index in [0.29, 0.717) is 0 Å². The zero-order chi connectivity index (χ0) is 16.7. The molecule has 0 radical (unpaired) electrons. The van der Waals surface area contributed by atoms with Crippen LogP contribution in [-0.4, -0.2) is 0 Å². The number of benzene rings is 2. The SMILES string of the molecule is CCCC(C)CCc1ccccc1/C=C(/C)c1ccccc1C. The van der Waals surface area contributed by atoms with Gasteiger partial charge < -0.3 is 0 Å². The molecule has 122 valence electrons. The first-order valence-corrected chi connectivity index (χ1v) is 8.94. The van der Waals surface area contributed by atoms with Gasteiger partial charge in [-0.25, -0.2) is 0 Å². The van der Waals surface area contributed by atoms with Gasteiger partial charge >= 0.3 is 0 Å². The lowest BCUT2D eigenvalue weighted by Gasteiger charge is -2.12. The lowest BCUT2D eigenvalue weighted by Crippen LogP contribution is -1.98. The maximum absolute atomic E-state index is 2.38. The first-order valence-electron chi connectivity index (χ1n) is 8.94. The largest absolute Gasteiger partial charge is 0.0654 e. The average Bonchev–Trinajstić information content (AvgIpc) is 2.54. The van der Waals surface area contributed by atoms with Crippen LogP contribution in [0.15, 0.2) is 48.5 Å². The maximum Gasteiger partial charge on any atom is -0.0198 e. The van der Waals surface area contributed by atoms with Gasteiger partial charge in [-0.2, -0.15) is 0 Å². The van der Waals surface area contributed by atoms with E-state index in [1.165, 1.54) is 53.5 Å². The van der Waals surface area contributed by atoms with Gasteiger partial charge in [0.1, 0.15) is 0 Å². The minimum absolute atomic E-state index is 0.814. The summed E-state index contributed by atoms with van der Waals surface area (Å²) in [6.07, 6.45) is 7.43. The van der Waals surface area contributed by atoms with E-state index < -0.39 is 0 Å². The fraction of sp³-hybridized carbons (Fsp3) is 0.391. The van der Waals surface area contributed by atoms with Crippen LogP contribution in [-0.2, 0) is 6.42 Å². The van der Waals surface area contributed by atoms with E-state index in [4.69, 9.17) is 0 Å². The molecule has 2 rings (SSSR count). The summed E-state index contributed by atoms with van der Waals surface area (Å²) in [6.45, 7) is 9.06. The highest BCUT2D eigenvalue weighted by Crippen LogP contribution is 2.24. The summed E-state index contributed by atoms with van der Waals surface area (Å²) in [5, 5.41) is 0. The van der Waals surface area contributed by atoms with Gasteiger partial charge in [-0.05, 0) is 60.4 Å². The Bertz CT molecular complexity index is 649. The summed E-state index contributed by atoms with van der Waals surface area (Å²) >= 11 is 0. The Balaban J connectivity index is 2.20. The topological polar surface area (TPSA) is 0 Å². The van der Waals surface area contributed by atoms with E-state index in [9.17, 15) is 0 Å². The van der Waals surface area contributed by atoms with Crippen LogP contribution in [0.1, 0.15) is 62.3 Å². The standard InChI is InChI=1S/C23H30/c1-5-10-18(2)15-16-21-12-7-8-13-22(21)17-20(4)23-14-9-6-11-19(23)3/h6-9,11-14,17-18H,5,10,15-16H2,1-4H3/b20-17-. The fourth-order valence-electron chi connectivity index (χ4n) is 3.27. The van der Waals surface area contributed by atoms with Crippen LogP contribution in [0.5, 0.6) is 0 Å². The third-order valence-corrected chi connectivity index (χ3v) is 4.68. The van der Waals surface area contributed by atoms with Crippen molar-refractivity contribution in [2.75, 3.05) is 0 Å². The molecular formula is C23H30. The minimum atomic E-state index is 0.814. The average molecular weight is 306 g/mol. The van der Waals surface area contributed by atoms with Gasteiger partial charge in [0.25, 0.3) is 0 Å². The van der Waals surface area contributed by atoms with E-state index in [1.54, 1.807) is 0 Å². The molecule has 0 amide bonds. The molecule has 0 N–H and O–H groups in total. The van der Waals surface area contributed by atoms with Crippen molar-refractivity contribution in [1.82, 2.24) is 0 Å². The zero-order valence-corrected chi connectivity index (χ0v) is 15.1. The predicted octanol–water partition coefficient (Wildman–Crippen LogP) is 6.92. The van der Waals surface area contributed by atoms with Gasteiger partial charge in [0, 0.05) is 0 Å². The van der Waals surface area contributed by atoms with Gasteiger partial charge in [-0.3, -0.25) is 0 Å². The Morgan fingerprint density at radius 3 is 2.43 bits per heavy atom. The molecule has 2 aromatic rings. The molecule has 23 heavy (non-hydrogen) atoms. The van der Waals surface area contributed by atoms with Crippen molar-refractivity contribution >= 4 is 11.6 Å². The molecule has 0 saturated heterocycles. The van der Waals surface area contributed by atoms with Crippen LogP contribution in [0, 0.1) is 12.8 Å². The summed E-state index contributed by atoms with van der Waals surface area (Å²) in [7, 11) is 0. The monoisotopic (exact) mass is 306 g/mol. The highest BCUT2D eigenvalue weighted by atomic mass is 14.1. The highest BCUT2D eigenvalue weighted by Gasteiger charge is 2.06. The van der Waals surface area contributed by atoms with Crippen molar-refractivity contribution in [2.45, 2.75) is 53.4 Å². The number of hydrogen-bond donors (Lipinski definition) is 0. The number of allylic oxidation sites excluding steroid dienone is 1. The highest BCUT2D eigenvalue weighted by molar-refractivity contribution is 5.82. The molecule has 0 heteroatoms. The smallest absolute Gasteiger partial charge is 0.0198 e. The molecule has 0 nitrogen and oxygen atoms in total. The van der Waals surface area contributed by atoms with E-state index >= 15 is 0 Å². The summed E-state index contributed by atoms with van der Waals surface area (Å²) < 4.78 is 0. The molecule has 0 aliphatic rings. The molecule has 1 unspecified atom stereocenters. The van der Waals surface area contributed by atoms with Crippen LogP contribution < -0.4 is 0 Å². The van der Waals surface area contributed by atoms with Gasteiger partial charge in [-0.1, -0.05) is 81.3 Å². The molecule has 0 fully saturated rings. The molecule has 2 aromatic carbocycles. The van der Waals surface area contributed by atoms with Crippen molar-refractivity contribution in [3.8, 4) is 0 Å². The van der Waals surface area contributed by atoms with Crippen LogP contribution in [0.4, 0.5) is 0 Å². The van der Waals surface area contributed by atoms with Crippen molar-refractivity contribution in [3.05, 3.63) is 70.8 Å². The second kappa shape index (κ2) is 8.72. The minimum Gasteiger partial charge on any atom is -0.0654 e. The van der Waals surface area contributed by atoms with Gasteiger partial charge in [0.15, 0.2) is 0 Å². The summed E-state index contributed by atoms with van der Waals surface area (Å²) in [5.41, 5.74) is 6.88. The third-order valence-electron chi connectivity index (χ3n) is 4.68. The van der Waals surface area contributed by atoms with Gasteiger partial charge in [0.2, 0.25) is 0 Å². The second-order valence-corrected chi connectivity index (χ2v) is 6.77. The summed E-state index contributed by atoms with van der Waals surface area (Å²) in [5.74, 6) is 0.814. The summed E-state index contributed by atoms with van der Waals surface area (Å²) in [4.78, 5) is 0. The van der Waals surface area contributed by atoms with Crippen LogP contribution in [0.2, 0.25) is 0 Å². The normalized spacial score (nSPS) is 13.1. The molecule has 0 aliphatic heterocycles. The van der Waals surface area contributed by atoms with E-state index in [2.05, 4.69) is 82.3 Å². The molecule has 0 heterocycles. The Morgan fingerprint density at radius 2 is 1.70 bits per heavy atom.